The minimum absolute atomic E-state index is 0.0328. The normalized spacial score (nSPS) is 19.9. The van der Waals surface area contributed by atoms with Gasteiger partial charge >= 0.3 is 0 Å². The maximum atomic E-state index is 13.1. The number of hydrogen-bond acceptors (Lipinski definition) is 5. The molecule has 3 aromatic rings. The van der Waals surface area contributed by atoms with Crippen molar-refractivity contribution in [3.05, 3.63) is 40.7 Å². The molecule has 1 aliphatic carbocycles. The third-order valence-corrected chi connectivity index (χ3v) is 7.60. The summed E-state index contributed by atoms with van der Waals surface area (Å²) in [6.45, 7) is 5.53. The van der Waals surface area contributed by atoms with Crippen LogP contribution in [0.4, 0.5) is 5.82 Å². The van der Waals surface area contributed by atoms with Crippen LogP contribution >= 0.6 is 11.6 Å². The lowest BCUT2D eigenvalue weighted by Gasteiger charge is -2.33. The van der Waals surface area contributed by atoms with Crippen molar-refractivity contribution in [2.45, 2.75) is 71.3 Å². The van der Waals surface area contributed by atoms with Gasteiger partial charge < -0.3 is 10.2 Å². The van der Waals surface area contributed by atoms with Gasteiger partial charge in [-0.1, -0.05) is 37.3 Å². The summed E-state index contributed by atoms with van der Waals surface area (Å²) >= 11 is 6.09. The molecule has 0 radical (unpaired) electrons. The monoisotopic (exact) mass is 480 g/mol. The van der Waals surface area contributed by atoms with Crippen LogP contribution < -0.4 is 10.2 Å². The molecule has 180 valence electrons. The Morgan fingerprint density at radius 1 is 1.00 bits per heavy atom. The van der Waals surface area contributed by atoms with Gasteiger partial charge in [0.15, 0.2) is 5.82 Å². The largest absolute Gasteiger partial charge is 0.353 e. The number of rotatable bonds is 4. The molecule has 34 heavy (non-hydrogen) atoms. The topological polar surface area (TPSA) is 75.9 Å². The highest BCUT2D eigenvalue weighted by molar-refractivity contribution is 6.30. The molecule has 2 fully saturated rings. The molecule has 1 N–H and O–H groups in total. The summed E-state index contributed by atoms with van der Waals surface area (Å²) in [6.07, 6.45) is 9.08. The highest BCUT2D eigenvalue weighted by Crippen LogP contribution is 2.32. The van der Waals surface area contributed by atoms with Crippen LogP contribution in [-0.2, 0) is 4.79 Å². The Kier molecular flexibility index (Phi) is 6.73. The summed E-state index contributed by atoms with van der Waals surface area (Å²) in [4.78, 5) is 15.3. The summed E-state index contributed by atoms with van der Waals surface area (Å²) in [5.74, 6) is 0.925. The van der Waals surface area contributed by atoms with E-state index in [-0.39, 0.29) is 11.8 Å². The molecular formula is C26H33ClN6O. The minimum atomic E-state index is -0.0328. The number of benzene rings is 1. The van der Waals surface area contributed by atoms with Gasteiger partial charge in [-0.3, -0.25) is 4.79 Å². The Bertz CT molecular complexity index is 1170. The number of aromatic nitrogens is 4. The minimum Gasteiger partial charge on any atom is -0.353 e. The molecule has 1 aliphatic heterocycles. The van der Waals surface area contributed by atoms with Crippen molar-refractivity contribution in [1.82, 2.24) is 25.3 Å². The van der Waals surface area contributed by atoms with Crippen molar-refractivity contribution in [3.63, 3.8) is 0 Å². The standard InChI is InChI=1S/C26H33ClN6O/c1-17-23-18(2)33(22-13-11-20(27)12-14-22)31-24(23)25(30-29-17)32-15-7-8-19(16-32)26(34)28-21-9-5-3-4-6-10-21/h11-14,19,21H,3-10,15-16H2,1-2H3,(H,28,34)/t19-/m1/s1. The number of carbonyl (C=O) groups is 1. The van der Waals surface area contributed by atoms with E-state index >= 15 is 0 Å². The highest BCUT2D eigenvalue weighted by Gasteiger charge is 2.30. The molecule has 2 aromatic heterocycles. The number of halogens is 1. The number of aryl methyl sites for hydroxylation is 2. The predicted octanol–water partition coefficient (Wildman–Crippen LogP) is 5.14. The van der Waals surface area contributed by atoms with Gasteiger partial charge in [0.2, 0.25) is 5.91 Å². The fourth-order valence-electron chi connectivity index (χ4n) is 5.48. The molecule has 1 saturated heterocycles. The molecule has 0 bridgehead atoms. The Hall–Kier alpha value is -2.67. The maximum Gasteiger partial charge on any atom is 0.225 e. The molecule has 1 atom stereocenters. The quantitative estimate of drug-likeness (QED) is 0.523. The van der Waals surface area contributed by atoms with Gasteiger partial charge in [-0.25, -0.2) is 4.68 Å². The lowest BCUT2D eigenvalue weighted by molar-refractivity contribution is -0.126. The average Bonchev–Trinajstić information content (AvgIpc) is 3.01. The van der Waals surface area contributed by atoms with Crippen molar-refractivity contribution in [1.29, 1.82) is 0 Å². The molecule has 5 rings (SSSR count). The van der Waals surface area contributed by atoms with Crippen LogP contribution in [0.5, 0.6) is 0 Å². The van der Waals surface area contributed by atoms with E-state index in [4.69, 9.17) is 16.7 Å². The van der Waals surface area contributed by atoms with Crippen LogP contribution in [-0.4, -0.2) is 45.0 Å². The van der Waals surface area contributed by atoms with E-state index in [1.165, 1.54) is 25.7 Å². The van der Waals surface area contributed by atoms with Crippen LogP contribution in [0.3, 0.4) is 0 Å². The number of amides is 1. The first kappa shape index (κ1) is 23.1. The van der Waals surface area contributed by atoms with Gasteiger partial charge in [-0.15, -0.1) is 5.10 Å². The number of nitrogens with zero attached hydrogens (tertiary/aromatic N) is 5. The van der Waals surface area contributed by atoms with Gasteiger partial charge in [-0.2, -0.15) is 10.2 Å². The van der Waals surface area contributed by atoms with E-state index in [2.05, 4.69) is 27.3 Å². The number of piperidine rings is 1. The van der Waals surface area contributed by atoms with E-state index in [9.17, 15) is 4.79 Å². The van der Waals surface area contributed by atoms with Gasteiger partial charge in [-0.05, 0) is 63.8 Å². The summed E-state index contributed by atoms with van der Waals surface area (Å²) in [5, 5.41) is 19.1. The van der Waals surface area contributed by atoms with Crippen molar-refractivity contribution in [2.75, 3.05) is 18.0 Å². The van der Waals surface area contributed by atoms with Crippen LogP contribution in [0.15, 0.2) is 24.3 Å². The lowest BCUT2D eigenvalue weighted by Crippen LogP contribution is -2.46. The second-order valence-corrected chi connectivity index (χ2v) is 10.2. The lowest BCUT2D eigenvalue weighted by atomic mass is 9.96. The van der Waals surface area contributed by atoms with E-state index in [0.29, 0.717) is 17.6 Å². The van der Waals surface area contributed by atoms with E-state index in [1.54, 1.807) is 0 Å². The van der Waals surface area contributed by atoms with Gasteiger partial charge in [0.1, 0.15) is 5.52 Å². The zero-order valence-electron chi connectivity index (χ0n) is 20.1. The fraction of sp³-hybridized carbons (Fsp3) is 0.538. The Labute approximate surface area is 205 Å². The smallest absolute Gasteiger partial charge is 0.225 e. The van der Waals surface area contributed by atoms with Crippen molar-refractivity contribution >= 4 is 34.2 Å². The molecular weight excluding hydrogens is 448 g/mol. The number of carbonyl (C=O) groups excluding carboxylic acids is 1. The van der Waals surface area contributed by atoms with E-state index < -0.39 is 0 Å². The molecule has 8 heteroatoms. The number of hydrogen-bond donors (Lipinski definition) is 1. The molecule has 0 unspecified atom stereocenters. The molecule has 2 aliphatic rings. The molecule has 1 amide bonds. The first-order valence-corrected chi connectivity index (χ1v) is 12.9. The summed E-state index contributed by atoms with van der Waals surface area (Å²) in [6, 6.07) is 8.00. The van der Waals surface area contributed by atoms with Gasteiger partial charge in [0, 0.05) is 24.2 Å². The van der Waals surface area contributed by atoms with Crippen LogP contribution in [0, 0.1) is 19.8 Å². The molecule has 0 spiro atoms. The van der Waals surface area contributed by atoms with Gasteiger partial charge in [0.05, 0.1) is 28.4 Å². The average molecular weight is 481 g/mol. The van der Waals surface area contributed by atoms with Crippen molar-refractivity contribution < 1.29 is 4.79 Å². The van der Waals surface area contributed by atoms with Crippen LogP contribution in [0.25, 0.3) is 16.6 Å². The van der Waals surface area contributed by atoms with E-state index in [1.807, 2.05) is 35.9 Å². The SMILES string of the molecule is Cc1nnc(N2CCC[C@@H](C(=O)NC3CCCCCC3)C2)c2nn(-c3ccc(Cl)cc3)c(C)c12. The van der Waals surface area contributed by atoms with Crippen molar-refractivity contribution in [2.24, 2.45) is 5.92 Å². The zero-order chi connectivity index (χ0) is 23.7. The van der Waals surface area contributed by atoms with Crippen LogP contribution in [0.2, 0.25) is 5.02 Å². The van der Waals surface area contributed by atoms with Crippen molar-refractivity contribution in [3.8, 4) is 5.69 Å². The summed E-state index contributed by atoms with van der Waals surface area (Å²) < 4.78 is 1.93. The zero-order valence-corrected chi connectivity index (χ0v) is 20.8. The number of nitrogens with one attached hydrogen (secondary N) is 1. The first-order chi connectivity index (χ1) is 16.5. The van der Waals surface area contributed by atoms with Crippen LogP contribution in [0.1, 0.15) is 62.8 Å². The first-order valence-electron chi connectivity index (χ1n) is 12.5. The molecule has 3 heterocycles. The number of anilines is 1. The Balaban J connectivity index is 1.41. The third kappa shape index (κ3) is 4.63. The van der Waals surface area contributed by atoms with Gasteiger partial charge in [0.25, 0.3) is 0 Å². The second kappa shape index (κ2) is 9.90. The fourth-order valence-corrected chi connectivity index (χ4v) is 5.61. The Morgan fingerprint density at radius 3 is 2.47 bits per heavy atom. The summed E-state index contributed by atoms with van der Waals surface area (Å²) in [7, 11) is 0. The number of fused-ring (bicyclic) bond motifs is 1. The summed E-state index contributed by atoms with van der Waals surface area (Å²) in [5.41, 5.74) is 3.66. The van der Waals surface area contributed by atoms with E-state index in [0.717, 1.165) is 66.0 Å². The third-order valence-electron chi connectivity index (χ3n) is 7.35. The Morgan fingerprint density at radius 2 is 1.74 bits per heavy atom. The molecule has 1 aromatic carbocycles. The maximum absolute atomic E-state index is 13.1. The molecule has 1 saturated carbocycles. The molecule has 7 nitrogen and oxygen atoms in total. The predicted molar refractivity (Wildman–Crippen MR) is 136 cm³/mol. The highest BCUT2D eigenvalue weighted by atomic mass is 35.5. The second-order valence-electron chi connectivity index (χ2n) is 9.79.